The summed E-state index contributed by atoms with van der Waals surface area (Å²) in [6.07, 6.45) is -6.77. The van der Waals surface area contributed by atoms with Crippen molar-refractivity contribution in [2.24, 2.45) is 5.92 Å². The zero-order chi connectivity index (χ0) is 31.3. The van der Waals surface area contributed by atoms with Gasteiger partial charge in [0.05, 0.1) is 29.7 Å². The largest absolute Gasteiger partial charge is 0.423 e. The van der Waals surface area contributed by atoms with E-state index in [0.717, 1.165) is 23.4 Å². The van der Waals surface area contributed by atoms with Crippen LogP contribution >= 0.6 is 0 Å². The number of rotatable bonds is 5. The first-order valence-corrected chi connectivity index (χ1v) is 13.7. The summed E-state index contributed by atoms with van der Waals surface area (Å²) < 4.78 is 79.7. The molecular weight excluding hydrogens is 586 g/mol. The molecule has 11 nitrogen and oxygen atoms in total. The first-order chi connectivity index (χ1) is 20.1. The quantitative estimate of drug-likeness (QED) is 0.493. The number of aromatic amines is 1. The number of piperidine rings is 1. The Morgan fingerprint density at radius 2 is 1.77 bits per heavy atom. The summed E-state index contributed by atoms with van der Waals surface area (Å²) in [4.78, 5) is 48.7. The summed E-state index contributed by atoms with van der Waals surface area (Å²) in [5, 5.41) is 7.98. The summed E-state index contributed by atoms with van der Waals surface area (Å²) in [7, 11) is 1.39. The number of fused-ring (bicyclic) bond motifs is 3. The number of H-pyrrole nitrogens is 1. The van der Waals surface area contributed by atoms with Crippen molar-refractivity contribution in [3.63, 3.8) is 0 Å². The lowest BCUT2D eigenvalue weighted by Crippen LogP contribution is -2.64. The average molecular weight is 617 g/mol. The van der Waals surface area contributed by atoms with Crippen molar-refractivity contribution in [3.05, 3.63) is 39.9 Å². The van der Waals surface area contributed by atoms with E-state index < -0.39 is 52.7 Å². The molecule has 0 aromatic carbocycles. The summed E-state index contributed by atoms with van der Waals surface area (Å²) >= 11 is 0. The number of piperazine rings is 1. The molecule has 17 heteroatoms. The van der Waals surface area contributed by atoms with E-state index in [1.807, 2.05) is 4.90 Å². The number of likely N-dealkylation sites (tertiary alicyclic amines) is 1. The second kappa shape index (κ2) is 11.3. The number of hydrogen-bond acceptors (Lipinski definition) is 8. The number of amides is 2. The van der Waals surface area contributed by atoms with Gasteiger partial charge in [-0.15, -0.1) is 0 Å². The van der Waals surface area contributed by atoms with Crippen LogP contribution in [0.3, 0.4) is 0 Å². The third-order valence-corrected chi connectivity index (χ3v) is 8.13. The van der Waals surface area contributed by atoms with E-state index in [-0.39, 0.29) is 43.0 Å². The highest BCUT2D eigenvalue weighted by atomic mass is 19.4. The molecule has 5 rings (SSSR count). The molecule has 0 spiro atoms. The molecule has 2 aromatic heterocycles. The molecule has 2 saturated heterocycles. The molecule has 0 unspecified atom stereocenters. The Hall–Kier alpha value is -3.89. The average Bonchev–Trinajstić information content (AvgIpc) is 2.94. The van der Waals surface area contributed by atoms with Crippen molar-refractivity contribution in [1.82, 2.24) is 25.0 Å². The van der Waals surface area contributed by atoms with Gasteiger partial charge in [-0.05, 0) is 38.9 Å². The number of pyridine rings is 1. The number of likely N-dealkylation sites (N-methyl/N-ethyl adjacent to an activating group) is 1. The van der Waals surface area contributed by atoms with Crippen LogP contribution in [0.2, 0.25) is 0 Å². The molecule has 0 radical (unpaired) electrons. The van der Waals surface area contributed by atoms with Crippen molar-refractivity contribution >= 4 is 29.0 Å². The molecule has 3 aliphatic heterocycles. The van der Waals surface area contributed by atoms with E-state index in [2.05, 4.69) is 15.4 Å². The molecule has 2 amide bonds. The molecule has 3 aliphatic rings. The highest BCUT2D eigenvalue weighted by Gasteiger charge is 2.44. The van der Waals surface area contributed by atoms with Crippen molar-refractivity contribution in [1.29, 1.82) is 0 Å². The highest BCUT2D eigenvalue weighted by Crippen LogP contribution is 2.39. The number of carbonyl (C=O) groups excluding carboxylic acids is 2. The van der Waals surface area contributed by atoms with Gasteiger partial charge >= 0.3 is 12.4 Å². The van der Waals surface area contributed by atoms with Crippen molar-refractivity contribution in [2.45, 2.75) is 44.2 Å². The lowest BCUT2D eigenvalue weighted by atomic mass is 9.94. The third kappa shape index (κ3) is 6.12. The topological polar surface area (TPSA) is 118 Å². The Morgan fingerprint density at radius 1 is 1.07 bits per heavy atom. The van der Waals surface area contributed by atoms with Gasteiger partial charge in [-0.3, -0.25) is 14.4 Å². The minimum Gasteiger partial charge on any atom is -0.379 e. The van der Waals surface area contributed by atoms with Gasteiger partial charge in [0.25, 0.3) is 11.5 Å². The number of aromatic nitrogens is 3. The number of carbonyl (C=O) groups is 2. The fourth-order valence-electron chi connectivity index (χ4n) is 5.97. The first-order valence-electron chi connectivity index (χ1n) is 13.7. The maximum Gasteiger partial charge on any atom is 0.423 e. The van der Waals surface area contributed by atoms with E-state index in [4.69, 9.17) is 0 Å². The SMILES string of the molecule is C[C@@H](CN1CCC(C(=O)N2CCN3c4ncc(C(F)(F)F)cc4N(C)C(=O)[C@H]3C2)CC1)Nc1cn[nH]c(=O)c1C(F)(F)F. The zero-order valence-corrected chi connectivity index (χ0v) is 23.3. The number of halogens is 6. The fourth-order valence-corrected chi connectivity index (χ4v) is 5.97. The maximum absolute atomic E-state index is 13.4. The van der Waals surface area contributed by atoms with Crippen molar-refractivity contribution < 1.29 is 35.9 Å². The molecule has 0 bridgehead atoms. The number of alkyl halides is 6. The van der Waals surface area contributed by atoms with Crippen LogP contribution in [0.15, 0.2) is 23.3 Å². The Balaban J connectivity index is 1.17. The van der Waals surface area contributed by atoms with Crippen LogP contribution in [-0.4, -0.2) is 95.2 Å². The number of nitrogens with zero attached hydrogens (tertiary/aromatic N) is 6. The van der Waals surface area contributed by atoms with Gasteiger partial charge in [-0.1, -0.05) is 0 Å². The Bertz CT molecular complexity index is 1440. The van der Waals surface area contributed by atoms with Gasteiger partial charge in [0.15, 0.2) is 5.82 Å². The van der Waals surface area contributed by atoms with Gasteiger partial charge in [0, 0.05) is 44.8 Å². The van der Waals surface area contributed by atoms with Gasteiger partial charge in [0.1, 0.15) is 11.6 Å². The number of anilines is 3. The Labute approximate surface area is 241 Å². The number of nitrogens with one attached hydrogen (secondary N) is 2. The van der Waals surface area contributed by atoms with E-state index in [0.29, 0.717) is 32.5 Å². The summed E-state index contributed by atoms with van der Waals surface area (Å²) in [6.45, 7) is 3.69. The third-order valence-electron chi connectivity index (χ3n) is 8.13. The molecule has 2 fully saturated rings. The Kier molecular flexibility index (Phi) is 8.04. The molecule has 43 heavy (non-hydrogen) atoms. The minimum absolute atomic E-state index is 0.0666. The van der Waals surface area contributed by atoms with E-state index in [1.54, 1.807) is 21.8 Å². The highest BCUT2D eigenvalue weighted by molar-refractivity contribution is 6.05. The maximum atomic E-state index is 13.4. The van der Waals surface area contributed by atoms with Gasteiger partial charge in [0.2, 0.25) is 5.91 Å². The predicted molar refractivity (Wildman–Crippen MR) is 142 cm³/mol. The molecule has 0 saturated carbocycles. The predicted octanol–water partition coefficient (Wildman–Crippen LogP) is 2.41. The van der Waals surface area contributed by atoms with E-state index in [1.165, 1.54) is 7.05 Å². The van der Waals surface area contributed by atoms with Crippen LogP contribution in [0.5, 0.6) is 0 Å². The van der Waals surface area contributed by atoms with Gasteiger partial charge < -0.3 is 24.9 Å². The second-order valence-electron chi connectivity index (χ2n) is 11.1. The zero-order valence-electron chi connectivity index (χ0n) is 23.3. The number of hydrogen-bond donors (Lipinski definition) is 2. The van der Waals surface area contributed by atoms with Crippen LogP contribution in [0.4, 0.5) is 43.5 Å². The van der Waals surface area contributed by atoms with Gasteiger partial charge in [-0.2, -0.15) is 31.4 Å². The summed E-state index contributed by atoms with van der Waals surface area (Å²) in [6, 6.07) is -0.320. The lowest BCUT2D eigenvalue weighted by Gasteiger charge is -2.47. The summed E-state index contributed by atoms with van der Waals surface area (Å²) in [5.41, 5.74) is -3.96. The van der Waals surface area contributed by atoms with E-state index in [9.17, 15) is 40.7 Å². The monoisotopic (exact) mass is 616 g/mol. The van der Waals surface area contributed by atoms with E-state index >= 15 is 0 Å². The van der Waals surface area contributed by atoms with Crippen LogP contribution < -0.4 is 20.7 Å². The molecule has 2 atom stereocenters. The van der Waals surface area contributed by atoms with Crippen LogP contribution in [0.25, 0.3) is 0 Å². The van der Waals surface area contributed by atoms with Gasteiger partial charge in [-0.25, -0.2) is 10.1 Å². The van der Waals surface area contributed by atoms with Crippen molar-refractivity contribution in [2.75, 3.05) is 61.4 Å². The van der Waals surface area contributed by atoms with Crippen LogP contribution in [-0.2, 0) is 21.9 Å². The molecular formula is C26H30F6N8O3. The lowest BCUT2D eigenvalue weighted by molar-refractivity contribution is -0.139. The van der Waals surface area contributed by atoms with Crippen LogP contribution in [0.1, 0.15) is 30.9 Å². The van der Waals surface area contributed by atoms with Crippen molar-refractivity contribution in [3.8, 4) is 0 Å². The normalized spacial score (nSPS) is 21.0. The Morgan fingerprint density at radius 3 is 2.42 bits per heavy atom. The smallest absolute Gasteiger partial charge is 0.379 e. The standard InChI is InChI=1S/C26H30F6N8O3/c1-14(35-17-11-34-36-22(41)20(17)26(30,31)32)12-38-5-3-15(4-6-38)23(42)39-7-8-40-19(13-39)24(43)37(2)18-9-16(25(27,28)29)10-33-21(18)40/h9-11,14-15,19H,3-8,12-13H2,1-2H3,(H2,35,36,41)/t14-,19+/m0/s1. The minimum atomic E-state index is -4.85. The molecule has 0 aliphatic carbocycles. The fraction of sp³-hybridized carbons (Fsp3) is 0.577. The molecule has 5 heterocycles. The summed E-state index contributed by atoms with van der Waals surface area (Å²) in [5.74, 6) is -0.583. The van der Waals surface area contributed by atoms with Crippen LogP contribution in [0, 0.1) is 5.92 Å². The second-order valence-corrected chi connectivity index (χ2v) is 11.1. The molecule has 2 N–H and O–H groups in total. The molecule has 234 valence electrons. The molecule has 2 aromatic rings. The first kappa shape index (κ1) is 30.6.